The van der Waals surface area contributed by atoms with Gasteiger partial charge in [0.15, 0.2) is 0 Å². The predicted molar refractivity (Wildman–Crippen MR) is 82.2 cm³/mol. The van der Waals surface area contributed by atoms with Gasteiger partial charge in [-0.15, -0.1) is 0 Å². The lowest BCUT2D eigenvalue weighted by atomic mass is 10.0. The summed E-state index contributed by atoms with van der Waals surface area (Å²) in [6.45, 7) is 5.76. The summed E-state index contributed by atoms with van der Waals surface area (Å²) in [5, 5.41) is 9.80. The van der Waals surface area contributed by atoms with Gasteiger partial charge in [-0.05, 0) is 58.3 Å². The molecule has 3 nitrogen and oxygen atoms in total. The molecule has 0 bridgehead atoms. The zero-order valence-electron chi connectivity index (χ0n) is 12.9. The van der Waals surface area contributed by atoms with Crippen molar-refractivity contribution in [3.8, 4) is 5.75 Å². The minimum Gasteiger partial charge on any atom is -0.493 e. The van der Waals surface area contributed by atoms with E-state index in [0.29, 0.717) is 6.04 Å². The van der Waals surface area contributed by atoms with Crippen molar-refractivity contribution in [1.82, 2.24) is 4.90 Å². The maximum atomic E-state index is 9.80. The first kappa shape index (κ1) is 15.3. The minimum absolute atomic E-state index is 0.483. The van der Waals surface area contributed by atoms with Crippen molar-refractivity contribution in [2.24, 2.45) is 0 Å². The number of hydrogen-bond donors (Lipinski definition) is 1. The first-order chi connectivity index (χ1) is 9.58. The van der Waals surface area contributed by atoms with Crippen LogP contribution in [0.3, 0.4) is 0 Å². The molecule has 0 saturated carbocycles. The van der Waals surface area contributed by atoms with Gasteiger partial charge in [0, 0.05) is 11.6 Å². The number of piperidine rings is 1. The summed E-state index contributed by atoms with van der Waals surface area (Å²) in [6, 6.07) is 6.64. The summed E-state index contributed by atoms with van der Waals surface area (Å²) in [5.41, 5.74) is 2.05. The zero-order valence-corrected chi connectivity index (χ0v) is 12.9. The number of aliphatic hydroxyl groups is 1. The third-order valence-electron chi connectivity index (χ3n) is 4.25. The van der Waals surface area contributed by atoms with Gasteiger partial charge in [-0.1, -0.05) is 18.6 Å². The van der Waals surface area contributed by atoms with Crippen molar-refractivity contribution < 1.29 is 9.84 Å². The minimum atomic E-state index is -0.483. The number of rotatable bonds is 5. The predicted octanol–water partition coefficient (Wildman–Crippen LogP) is 3.30. The zero-order chi connectivity index (χ0) is 14.5. The van der Waals surface area contributed by atoms with Gasteiger partial charge < -0.3 is 14.7 Å². The van der Waals surface area contributed by atoms with E-state index in [-0.39, 0.29) is 0 Å². The van der Waals surface area contributed by atoms with Crippen LogP contribution in [0.25, 0.3) is 0 Å². The molecule has 0 radical (unpaired) electrons. The Balaban J connectivity index is 1.91. The van der Waals surface area contributed by atoms with E-state index < -0.39 is 6.10 Å². The van der Waals surface area contributed by atoms with Crippen LogP contribution in [0.1, 0.15) is 49.8 Å². The lowest BCUT2D eigenvalue weighted by molar-refractivity contribution is 0.149. The van der Waals surface area contributed by atoms with Crippen LogP contribution >= 0.6 is 0 Å². The summed E-state index contributed by atoms with van der Waals surface area (Å²) in [7, 11) is 2.21. The maximum Gasteiger partial charge on any atom is 0.125 e. The molecule has 2 rings (SSSR count). The van der Waals surface area contributed by atoms with E-state index in [4.69, 9.17) is 4.74 Å². The molecule has 1 N–H and O–H groups in total. The van der Waals surface area contributed by atoms with Crippen LogP contribution in [-0.4, -0.2) is 36.2 Å². The number of hydrogen-bond acceptors (Lipinski definition) is 3. The average molecular weight is 277 g/mol. The molecule has 1 heterocycles. The molecule has 2 unspecified atom stereocenters. The van der Waals surface area contributed by atoms with Gasteiger partial charge in [-0.2, -0.15) is 0 Å². The van der Waals surface area contributed by atoms with Crippen molar-refractivity contribution in [1.29, 1.82) is 0 Å². The Morgan fingerprint density at radius 2 is 2.20 bits per heavy atom. The molecular weight excluding hydrogens is 250 g/mol. The quantitative estimate of drug-likeness (QED) is 0.896. The van der Waals surface area contributed by atoms with Crippen LogP contribution in [-0.2, 0) is 0 Å². The number of benzene rings is 1. The Morgan fingerprint density at radius 1 is 1.40 bits per heavy atom. The fraction of sp³-hybridized carbons (Fsp3) is 0.647. The summed E-state index contributed by atoms with van der Waals surface area (Å²) < 4.78 is 5.94. The average Bonchev–Trinajstić information content (AvgIpc) is 2.41. The van der Waals surface area contributed by atoms with Gasteiger partial charge in [-0.3, -0.25) is 0 Å². The van der Waals surface area contributed by atoms with Crippen LogP contribution in [0.15, 0.2) is 18.2 Å². The molecule has 0 spiro atoms. The van der Waals surface area contributed by atoms with E-state index in [1.807, 2.05) is 25.1 Å². The fourth-order valence-electron chi connectivity index (χ4n) is 2.93. The summed E-state index contributed by atoms with van der Waals surface area (Å²) >= 11 is 0. The first-order valence-corrected chi connectivity index (χ1v) is 7.69. The van der Waals surface area contributed by atoms with Gasteiger partial charge in [0.1, 0.15) is 5.75 Å². The Kier molecular flexibility index (Phi) is 5.44. The highest BCUT2D eigenvalue weighted by Gasteiger charge is 2.19. The Morgan fingerprint density at radius 3 is 2.90 bits per heavy atom. The van der Waals surface area contributed by atoms with Crippen molar-refractivity contribution in [3.63, 3.8) is 0 Å². The molecule has 0 aromatic heterocycles. The molecule has 1 fully saturated rings. The number of likely N-dealkylation sites (tertiary alicyclic amines) is 1. The summed E-state index contributed by atoms with van der Waals surface area (Å²) in [4.78, 5) is 2.44. The van der Waals surface area contributed by atoms with Crippen LogP contribution in [0, 0.1) is 6.92 Å². The molecule has 2 atom stereocenters. The molecular formula is C17H27NO2. The molecule has 1 saturated heterocycles. The SMILES string of the molecule is Cc1ccc(C(C)O)c(OCCC2CCCCN2C)c1. The van der Waals surface area contributed by atoms with Crippen LogP contribution < -0.4 is 4.74 Å². The highest BCUT2D eigenvalue weighted by molar-refractivity contribution is 5.38. The molecule has 1 aromatic carbocycles. The summed E-state index contributed by atoms with van der Waals surface area (Å²) in [5.74, 6) is 0.832. The van der Waals surface area contributed by atoms with E-state index >= 15 is 0 Å². The third-order valence-corrected chi connectivity index (χ3v) is 4.25. The van der Waals surface area contributed by atoms with E-state index in [9.17, 15) is 5.11 Å². The second-order valence-corrected chi connectivity index (χ2v) is 5.98. The van der Waals surface area contributed by atoms with Crippen LogP contribution in [0.5, 0.6) is 5.75 Å². The van der Waals surface area contributed by atoms with Crippen LogP contribution in [0.2, 0.25) is 0 Å². The molecule has 20 heavy (non-hydrogen) atoms. The third kappa shape index (κ3) is 3.97. The molecule has 1 aliphatic heterocycles. The van der Waals surface area contributed by atoms with Gasteiger partial charge >= 0.3 is 0 Å². The monoisotopic (exact) mass is 277 g/mol. The highest BCUT2D eigenvalue weighted by Crippen LogP contribution is 2.27. The Hall–Kier alpha value is -1.06. The van der Waals surface area contributed by atoms with Gasteiger partial charge in [-0.25, -0.2) is 0 Å². The smallest absolute Gasteiger partial charge is 0.125 e. The molecule has 1 aromatic rings. The largest absolute Gasteiger partial charge is 0.493 e. The molecule has 0 amide bonds. The van der Waals surface area contributed by atoms with Crippen molar-refractivity contribution >= 4 is 0 Å². The summed E-state index contributed by atoms with van der Waals surface area (Å²) in [6.07, 6.45) is 4.50. The number of aliphatic hydroxyl groups excluding tert-OH is 1. The molecule has 112 valence electrons. The van der Waals surface area contributed by atoms with Crippen molar-refractivity contribution in [3.05, 3.63) is 29.3 Å². The second-order valence-electron chi connectivity index (χ2n) is 5.98. The van der Waals surface area contributed by atoms with Crippen molar-refractivity contribution in [2.45, 2.75) is 51.7 Å². The van der Waals surface area contributed by atoms with Gasteiger partial charge in [0.05, 0.1) is 12.7 Å². The van der Waals surface area contributed by atoms with Gasteiger partial charge in [0.2, 0.25) is 0 Å². The Bertz CT molecular complexity index is 431. The lowest BCUT2D eigenvalue weighted by Gasteiger charge is -2.32. The molecule has 0 aliphatic carbocycles. The van der Waals surface area contributed by atoms with E-state index in [1.165, 1.54) is 31.4 Å². The maximum absolute atomic E-state index is 9.80. The standard InChI is InChI=1S/C17H27NO2/c1-13-7-8-16(14(2)19)17(12-13)20-11-9-15-6-4-5-10-18(15)3/h7-8,12,14-15,19H,4-6,9-11H2,1-3H3. The number of aryl methyl sites for hydroxylation is 1. The van der Waals surface area contributed by atoms with E-state index in [2.05, 4.69) is 11.9 Å². The van der Waals surface area contributed by atoms with Crippen molar-refractivity contribution in [2.75, 3.05) is 20.2 Å². The molecule has 3 heteroatoms. The number of nitrogens with zero attached hydrogens (tertiary/aromatic N) is 1. The van der Waals surface area contributed by atoms with Crippen LogP contribution in [0.4, 0.5) is 0 Å². The number of ether oxygens (including phenoxy) is 1. The normalized spacial score (nSPS) is 21.7. The first-order valence-electron chi connectivity index (χ1n) is 7.69. The highest BCUT2D eigenvalue weighted by atomic mass is 16.5. The Labute approximate surface area is 122 Å². The topological polar surface area (TPSA) is 32.7 Å². The van der Waals surface area contributed by atoms with Gasteiger partial charge in [0.25, 0.3) is 0 Å². The van der Waals surface area contributed by atoms with E-state index in [1.54, 1.807) is 6.92 Å². The fourth-order valence-corrected chi connectivity index (χ4v) is 2.93. The molecule has 1 aliphatic rings. The second kappa shape index (κ2) is 7.09. The lowest BCUT2D eigenvalue weighted by Crippen LogP contribution is -2.37. The van der Waals surface area contributed by atoms with E-state index in [0.717, 1.165) is 24.3 Å².